The number of rotatable bonds is 5. The van der Waals surface area contributed by atoms with Gasteiger partial charge in [-0.3, -0.25) is 4.79 Å². The predicted molar refractivity (Wildman–Crippen MR) is 90.7 cm³/mol. The lowest BCUT2D eigenvalue weighted by Gasteiger charge is -2.27. The van der Waals surface area contributed by atoms with Crippen LogP contribution in [0.4, 0.5) is 8.78 Å². The lowest BCUT2D eigenvalue weighted by Crippen LogP contribution is -2.39. The summed E-state index contributed by atoms with van der Waals surface area (Å²) in [7, 11) is 1.70. The predicted octanol–water partition coefficient (Wildman–Crippen LogP) is 2.60. The molecule has 0 radical (unpaired) electrons. The SMILES string of the molecule is COC1CCC(NC(=O)c2nnn(Cc3ccc(F)cc3F)c2C)CC1. The van der Waals surface area contributed by atoms with Gasteiger partial charge in [-0.2, -0.15) is 0 Å². The van der Waals surface area contributed by atoms with Gasteiger partial charge in [-0.05, 0) is 38.7 Å². The second-order valence-corrected chi connectivity index (χ2v) is 6.60. The van der Waals surface area contributed by atoms with Gasteiger partial charge in [0.25, 0.3) is 5.91 Å². The standard InChI is InChI=1S/C18H22F2N4O2/c1-11-17(18(25)21-14-5-7-15(26-2)8-6-14)22-23-24(11)10-12-3-4-13(19)9-16(12)20/h3-4,9,14-15H,5-8,10H2,1-2H3,(H,21,25). The Balaban J connectivity index is 1.65. The molecule has 1 fully saturated rings. The molecule has 1 N–H and O–H groups in total. The summed E-state index contributed by atoms with van der Waals surface area (Å²) in [4.78, 5) is 12.5. The Labute approximate surface area is 150 Å². The molecule has 1 amide bonds. The average molecular weight is 364 g/mol. The van der Waals surface area contributed by atoms with Crippen molar-refractivity contribution in [1.82, 2.24) is 20.3 Å². The number of nitrogens with zero attached hydrogens (tertiary/aromatic N) is 3. The molecule has 1 aromatic carbocycles. The first kappa shape index (κ1) is 18.4. The molecule has 26 heavy (non-hydrogen) atoms. The fourth-order valence-corrected chi connectivity index (χ4v) is 3.23. The van der Waals surface area contributed by atoms with Crippen LogP contribution in [0, 0.1) is 18.6 Å². The van der Waals surface area contributed by atoms with Gasteiger partial charge in [0.1, 0.15) is 11.6 Å². The molecule has 0 spiro atoms. The van der Waals surface area contributed by atoms with Crippen molar-refractivity contribution in [3.63, 3.8) is 0 Å². The maximum atomic E-state index is 13.8. The average Bonchev–Trinajstić information content (AvgIpc) is 2.99. The van der Waals surface area contributed by atoms with Gasteiger partial charge in [-0.15, -0.1) is 5.10 Å². The Morgan fingerprint density at radius 1 is 1.31 bits per heavy atom. The molecule has 1 heterocycles. The van der Waals surface area contributed by atoms with Crippen molar-refractivity contribution >= 4 is 5.91 Å². The van der Waals surface area contributed by atoms with Gasteiger partial charge in [-0.1, -0.05) is 11.3 Å². The van der Waals surface area contributed by atoms with E-state index in [1.54, 1.807) is 14.0 Å². The number of carbonyl (C=O) groups is 1. The monoisotopic (exact) mass is 364 g/mol. The molecule has 0 bridgehead atoms. The summed E-state index contributed by atoms with van der Waals surface area (Å²) in [6, 6.07) is 3.47. The molecule has 0 atom stereocenters. The van der Waals surface area contributed by atoms with Crippen LogP contribution in [0.3, 0.4) is 0 Å². The first-order valence-corrected chi connectivity index (χ1v) is 8.65. The zero-order valence-electron chi connectivity index (χ0n) is 14.8. The first-order valence-electron chi connectivity index (χ1n) is 8.65. The van der Waals surface area contributed by atoms with E-state index in [1.807, 2.05) is 0 Å². The number of amides is 1. The summed E-state index contributed by atoms with van der Waals surface area (Å²) in [5, 5.41) is 10.9. The van der Waals surface area contributed by atoms with E-state index in [2.05, 4.69) is 15.6 Å². The van der Waals surface area contributed by atoms with E-state index in [4.69, 9.17) is 4.74 Å². The minimum atomic E-state index is -0.652. The van der Waals surface area contributed by atoms with Crippen LogP contribution in [0.15, 0.2) is 18.2 Å². The van der Waals surface area contributed by atoms with Crippen molar-refractivity contribution in [2.45, 2.75) is 51.3 Å². The molecule has 0 saturated heterocycles. The molecule has 0 unspecified atom stereocenters. The van der Waals surface area contributed by atoms with Gasteiger partial charge >= 0.3 is 0 Å². The molecule has 1 aliphatic rings. The summed E-state index contributed by atoms with van der Waals surface area (Å²) in [5.74, 6) is -1.57. The van der Waals surface area contributed by atoms with Crippen LogP contribution >= 0.6 is 0 Å². The van der Waals surface area contributed by atoms with E-state index in [-0.39, 0.29) is 35.9 Å². The maximum Gasteiger partial charge on any atom is 0.273 e. The smallest absolute Gasteiger partial charge is 0.273 e. The van der Waals surface area contributed by atoms with Crippen LogP contribution in [-0.4, -0.2) is 40.2 Å². The van der Waals surface area contributed by atoms with Crippen molar-refractivity contribution in [3.8, 4) is 0 Å². The molecule has 6 nitrogen and oxygen atoms in total. The van der Waals surface area contributed by atoms with Crippen LogP contribution < -0.4 is 5.32 Å². The molecular formula is C18H22F2N4O2. The van der Waals surface area contributed by atoms with Crippen molar-refractivity contribution in [3.05, 3.63) is 46.8 Å². The van der Waals surface area contributed by atoms with Crippen molar-refractivity contribution in [2.24, 2.45) is 0 Å². The zero-order valence-corrected chi connectivity index (χ0v) is 14.8. The third-order valence-electron chi connectivity index (χ3n) is 4.88. The largest absolute Gasteiger partial charge is 0.381 e. The van der Waals surface area contributed by atoms with Crippen molar-refractivity contribution < 1.29 is 18.3 Å². The first-order chi connectivity index (χ1) is 12.5. The Kier molecular flexibility index (Phi) is 5.61. The number of hydrogen-bond donors (Lipinski definition) is 1. The second kappa shape index (κ2) is 7.90. The normalized spacial score (nSPS) is 20.2. The highest BCUT2D eigenvalue weighted by molar-refractivity contribution is 5.93. The number of carbonyl (C=O) groups excluding carboxylic acids is 1. The van der Waals surface area contributed by atoms with Crippen molar-refractivity contribution in [1.29, 1.82) is 0 Å². The molecule has 1 aromatic heterocycles. The minimum Gasteiger partial charge on any atom is -0.381 e. The number of benzene rings is 1. The van der Waals surface area contributed by atoms with Gasteiger partial charge < -0.3 is 10.1 Å². The van der Waals surface area contributed by atoms with Gasteiger partial charge in [0.2, 0.25) is 0 Å². The Hall–Kier alpha value is -2.35. The highest BCUT2D eigenvalue weighted by Crippen LogP contribution is 2.21. The summed E-state index contributed by atoms with van der Waals surface area (Å²) in [5.41, 5.74) is 1.04. The number of methoxy groups -OCH3 is 1. The lowest BCUT2D eigenvalue weighted by atomic mass is 9.93. The van der Waals surface area contributed by atoms with E-state index in [9.17, 15) is 13.6 Å². The Morgan fingerprint density at radius 3 is 2.69 bits per heavy atom. The highest BCUT2D eigenvalue weighted by Gasteiger charge is 2.25. The van der Waals surface area contributed by atoms with Gasteiger partial charge in [0, 0.05) is 24.8 Å². The van der Waals surface area contributed by atoms with Crippen LogP contribution in [0.25, 0.3) is 0 Å². The topological polar surface area (TPSA) is 69.0 Å². The van der Waals surface area contributed by atoms with Gasteiger partial charge in [-0.25, -0.2) is 13.5 Å². The number of hydrogen-bond acceptors (Lipinski definition) is 4. The van der Waals surface area contributed by atoms with Crippen LogP contribution in [0.5, 0.6) is 0 Å². The number of aromatic nitrogens is 3. The number of nitrogens with one attached hydrogen (secondary N) is 1. The molecule has 1 saturated carbocycles. The van der Waals surface area contributed by atoms with Gasteiger partial charge in [0.05, 0.1) is 18.3 Å². The molecule has 0 aliphatic heterocycles. The third kappa shape index (κ3) is 4.07. The molecule has 8 heteroatoms. The van der Waals surface area contributed by atoms with Crippen molar-refractivity contribution in [2.75, 3.05) is 7.11 Å². The Morgan fingerprint density at radius 2 is 2.04 bits per heavy atom. The summed E-state index contributed by atoms with van der Waals surface area (Å²) < 4.78 is 33.6. The van der Waals surface area contributed by atoms with Crippen LogP contribution in [-0.2, 0) is 11.3 Å². The van der Waals surface area contributed by atoms with E-state index >= 15 is 0 Å². The quantitative estimate of drug-likeness (QED) is 0.885. The van der Waals surface area contributed by atoms with Crippen LogP contribution in [0.1, 0.15) is 47.4 Å². The number of ether oxygens (including phenoxy) is 1. The number of halogens is 2. The lowest BCUT2D eigenvalue weighted by molar-refractivity contribution is 0.0598. The van der Waals surface area contributed by atoms with E-state index in [0.717, 1.165) is 31.7 Å². The summed E-state index contributed by atoms with van der Waals surface area (Å²) in [6.45, 7) is 1.79. The fraction of sp³-hybridized carbons (Fsp3) is 0.500. The van der Waals surface area contributed by atoms with E-state index in [0.29, 0.717) is 5.69 Å². The second-order valence-electron chi connectivity index (χ2n) is 6.60. The fourth-order valence-electron chi connectivity index (χ4n) is 3.23. The van der Waals surface area contributed by atoms with Gasteiger partial charge in [0.15, 0.2) is 5.69 Å². The third-order valence-corrected chi connectivity index (χ3v) is 4.88. The Bertz CT molecular complexity index is 785. The molecule has 1 aliphatic carbocycles. The maximum absolute atomic E-state index is 13.8. The molecule has 2 aromatic rings. The van der Waals surface area contributed by atoms with E-state index < -0.39 is 11.6 Å². The summed E-state index contributed by atoms with van der Waals surface area (Å²) >= 11 is 0. The molecule has 140 valence electrons. The molecule has 3 rings (SSSR count). The highest BCUT2D eigenvalue weighted by atomic mass is 19.1. The van der Waals surface area contributed by atoms with E-state index in [1.165, 1.54) is 16.8 Å². The zero-order chi connectivity index (χ0) is 18.7. The summed E-state index contributed by atoms with van der Waals surface area (Å²) in [6.07, 6.45) is 3.81. The minimum absolute atomic E-state index is 0.0805. The van der Waals surface area contributed by atoms with Crippen LogP contribution in [0.2, 0.25) is 0 Å². The molecular weight excluding hydrogens is 342 g/mol.